The molecule has 5 heteroatoms. The minimum atomic E-state index is -0.496. The van der Waals surface area contributed by atoms with E-state index in [1.807, 2.05) is 24.3 Å². The van der Waals surface area contributed by atoms with Crippen LogP contribution < -0.4 is 5.32 Å². The number of nitrogens with one attached hydrogen (secondary N) is 1. The molecule has 0 aliphatic carbocycles. The Morgan fingerprint density at radius 1 is 1.38 bits per heavy atom. The normalized spacial score (nSPS) is 20.4. The van der Waals surface area contributed by atoms with Crippen molar-refractivity contribution >= 4 is 34.2 Å². The first-order chi connectivity index (χ1) is 7.77. The van der Waals surface area contributed by atoms with Crippen molar-refractivity contribution in [3.05, 3.63) is 27.8 Å². The topological polar surface area (TPSA) is 47.6 Å². The van der Waals surface area contributed by atoms with E-state index in [4.69, 9.17) is 9.47 Å². The quantitative estimate of drug-likeness (QED) is 0.838. The lowest BCUT2D eigenvalue weighted by Gasteiger charge is -2.22. The first kappa shape index (κ1) is 11.8. The average Bonchev–Trinajstić information content (AvgIpc) is 2.33. The molecule has 1 aromatic carbocycles. The van der Waals surface area contributed by atoms with Gasteiger partial charge in [0.05, 0.1) is 25.5 Å². The van der Waals surface area contributed by atoms with Gasteiger partial charge in [0.15, 0.2) is 6.10 Å². The number of amides is 1. The molecule has 1 N–H and O–H groups in total. The number of hydrogen-bond acceptors (Lipinski definition) is 3. The van der Waals surface area contributed by atoms with E-state index < -0.39 is 6.10 Å². The predicted octanol–water partition coefficient (Wildman–Crippen LogP) is 1.65. The maximum atomic E-state index is 11.8. The second-order valence-electron chi connectivity index (χ2n) is 3.40. The van der Waals surface area contributed by atoms with Gasteiger partial charge in [-0.2, -0.15) is 0 Å². The summed E-state index contributed by atoms with van der Waals surface area (Å²) in [7, 11) is 0. The number of carbonyl (C=O) groups is 1. The molecule has 0 bridgehead atoms. The smallest absolute Gasteiger partial charge is 0.255 e. The Morgan fingerprint density at radius 3 is 2.88 bits per heavy atom. The van der Waals surface area contributed by atoms with Gasteiger partial charge in [-0.15, -0.1) is 0 Å². The van der Waals surface area contributed by atoms with Crippen molar-refractivity contribution in [3.63, 3.8) is 0 Å². The van der Waals surface area contributed by atoms with Gasteiger partial charge in [-0.05, 0) is 34.7 Å². The van der Waals surface area contributed by atoms with Gasteiger partial charge < -0.3 is 14.8 Å². The minimum absolute atomic E-state index is 0.149. The highest BCUT2D eigenvalue weighted by molar-refractivity contribution is 14.1. The van der Waals surface area contributed by atoms with Crippen molar-refractivity contribution in [2.75, 3.05) is 25.1 Å². The molecule has 2 rings (SSSR count). The molecule has 4 nitrogen and oxygen atoms in total. The Hall–Kier alpha value is -0.660. The Balaban J connectivity index is 1.99. The van der Waals surface area contributed by atoms with Gasteiger partial charge in [0.1, 0.15) is 0 Å². The Labute approximate surface area is 107 Å². The predicted molar refractivity (Wildman–Crippen MR) is 68.3 cm³/mol. The number of carbonyl (C=O) groups excluding carboxylic acids is 1. The van der Waals surface area contributed by atoms with E-state index in [0.717, 1.165) is 9.26 Å². The maximum absolute atomic E-state index is 11.8. The summed E-state index contributed by atoms with van der Waals surface area (Å²) < 4.78 is 11.5. The van der Waals surface area contributed by atoms with Crippen LogP contribution in [-0.2, 0) is 14.3 Å². The van der Waals surface area contributed by atoms with Crippen LogP contribution in [0, 0.1) is 3.57 Å². The van der Waals surface area contributed by atoms with E-state index in [1.54, 1.807) is 0 Å². The minimum Gasteiger partial charge on any atom is -0.376 e. The summed E-state index contributed by atoms with van der Waals surface area (Å²) in [6.07, 6.45) is -0.496. The van der Waals surface area contributed by atoms with Crippen molar-refractivity contribution in [1.29, 1.82) is 0 Å². The third kappa shape index (κ3) is 2.93. The van der Waals surface area contributed by atoms with Gasteiger partial charge in [-0.25, -0.2) is 0 Å². The molecule has 1 aliphatic rings. The first-order valence-electron chi connectivity index (χ1n) is 5.02. The highest BCUT2D eigenvalue weighted by atomic mass is 127. The Kier molecular flexibility index (Phi) is 4.14. The highest BCUT2D eigenvalue weighted by Gasteiger charge is 2.22. The van der Waals surface area contributed by atoms with Crippen molar-refractivity contribution in [1.82, 2.24) is 0 Å². The van der Waals surface area contributed by atoms with Crippen LogP contribution in [0.5, 0.6) is 0 Å². The molecule has 1 fully saturated rings. The third-order valence-corrected chi connectivity index (χ3v) is 3.18. The van der Waals surface area contributed by atoms with Gasteiger partial charge in [0, 0.05) is 3.57 Å². The number of anilines is 1. The van der Waals surface area contributed by atoms with Gasteiger partial charge >= 0.3 is 0 Å². The van der Waals surface area contributed by atoms with E-state index in [9.17, 15) is 4.79 Å². The molecule has 1 aliphatic heterocycles. The van der Waals surface area contributed by atoms with Crippen LogP contribution in [0.25, 0.3) is 0 Å². The van der Waals surface area contributed by atoms with Crippen molar-refractivity contribution in [2.24, 2.45) is 0 Å². The van der Waals surface area contributed by atoms with Crippen molar-refractivity contribution < 1.29 is 14.3 Å². The van der Waals surface area contributed by atoms with Crippen LogP contribution in [0.4, 0.5) is 5.69 Å². The molecule has 16 heavy (non-hydrogen) atoms. The van der Waals surface area contributed by atoms with Gasteiger partial charge in [0.2, 0.25) is 0 Å². The molecule has 86 valence electrons. The highest BCUT2D eigenvalue weighted by Crippen LogP contribution is 2.17. The van der Waals surface area contributed by atoms with Crippen LogP contribution in [0.15, 0.2) is 24.3 Å². The summed E-state index contributed by atoms with van der Waals surface area (Å²) in [5, 5.41) is 2.83. The number of para-hydroxylation sites is 1. The number of hydrogen-bond donors (Lipinski definition) is 1. The van der Waals surface area contributed by atoms with Crippen LogP contribution in [-0.4, -0.2) is 31.8 Å². The van der Waals surface area contributed by atoms with Gasteiger partial charge in [-0.3, -0.25) is 4.79 Å². The molecule has 0 spiro atoms. The molecule has 1 amide bonds. The second-order valence-corrected chi connectivity index (χ2v) is 4.57. The summed E-state index contributed by atoms with van der Waals surface area (Å²) in [6.45, 7) is 1.37. The van der Waals surface area contributed by atoms with Crippen LogP contribution in [0.2, 0.25) is 0 Å². The number of benzene rings is 1. The molecule has 1 atom stereocenters. The Morgan fingerprint density at radius 2 is 2.19 bits per heavy atom. The lowest BCUT2D eigenvalue weighted by atomic mass is 10.3. The molecule has 0 aromatic heterocycles. The zero-order valence-corrected chi connectivity index (χ0v) is 10.8. The zero-order valence-electron chi connectivity index (χ0n) is 8.61. The lowest BCUT2D eigenvalue weighted by molar-refractivity contribution is -0.142. The maximum Gasteiger partial charge on any atom is 0.255 e. The SMILES string of the molecule is O=C(Nc1ccccc1I)[C@H]1COCCO1. The third-order valence-electron chi connectivity index (χ3n) is 2.24. The van der Waals surface area contributed by atoms with E-state index in [0.29, 0.717) is 19.8 Å². The molecule has 1 aromatic rings. The fourth-order valence-corrected chi connectivity index (χ4v) is 1.94. The van der Waals surface area contributed by atoms with E-state index in [2.05, 4.69) is 27.9 Å². The van der Waals surface area contributed by atoms with E-state index >= 15 is 0 Å². The standard InChI is InChI=1S/C11H12INO3/c12-8-3-1-2-4-9(8)13-11(14)10-7-15-5-6-16-10/h1-4,10H,5-7H2,(H,13,14)/t10-/m1/s1. The van der Waals surface area contributed by atoms with Crippen LogP contribution >= 0.6 is 22.6 Å². The molecular weight excluding hydrogens is 321 g/mol. The van der Waals surface area contributed by atoms with E-state index in [-0.39, 0.29) is 5.91 Å². The average molecular weight is 333 g/mol. The number of ether oxygens (including phenoxy) is 2. The second kappa shape index (κ2) is 5.60. The summed E-state index contributed by atoms with van der Waals surface area (Å²) in [4.78, 5) is 11.8. The summed E-state index contributed by atoms with van der Waals surface area (Å²) in [5.41, 5.74) is 0.808. The largest absolute Gasteiger partial charge is 0.376 e. The molecule has 1 heterocycles. The molecule has 0 radical (unpaired) electrons. The van der Waals surface area contributed by atoms with Crippen molar-refractivity contribution in [2.45, 2.75) is 6.10 Å². The van der Waals surface area contributed by atoms with Crippen molar-refractivity contribution in [3.8, 4) is 0 Å². The Bertz CT molecular complexity index is 377. The van der Waals surface area contributed by atoms with E-state index in [1.165, 1.54) is 0 Å². The molecule has 0 unspecified atom stereocenters. The summed E-state index contributed by atoms with van der Waals surface area (Å²) >= 11 is 2.18. The lowest BCUT2D eigenvalue weighted by Crippen LogP contribution is -2.39. The van der Waals surface area contributed by atoms with Gasteiger partial charge in [0.25, 0.3) is 5.91 Å². The van der Waals surface area contributed by atoms with Gasteiger partial charge in [-0.1, -0.05) is 12.1 Å². The number of rotatable bonds is 2. The fraction of sp³-hybridized carbons (Fsp3) is 0.364. The monoisotopic (exact) mass is 333 g/mol. The first-order valence-corrected chi connectivity index (χ1v) is 6.10. The molecule has 1 saturated heterocycles. The van der Waals surface area contributed by atoms with Crippen LogP contribution in [0.1, 0.15) is 0 Å². The molecular formula is C11H12INO3. The fourth-order valence-electron chi connectivity index (χ4n) is 1.41. The zero-order chi connectivity index (χ0) is 11.4. The van der Waals surface area contributed by atoms with Crippen LogP contribution in [0.3, 0.4) is 0 Å². The molecule has 0 saturated carbocycles. The summed E-state index contributed by atoms with van der Waals surface area (Å²) in [5.74, 6) is -0.149. The number of halogens is 1. The summed E-state index contributed by atoms with van der Waals surface area (Å²) in [6, 6.07) is 7.62.